The van der Waals surface area contributed by atoms with E-state index in [1.807, 2.05) is 0 Å². The van der Waals surface area contributed by atoms with E-state index in [4.69, 9.17) is 26.3 Å². The summed E-state index contributed by atoms with van der Waals surface area (Å²) in [6.45, 7) is 5.56. The molecule has 1 heterocycles. The van der Waals surface area contributed by atoms with Crippen molar-refractivity contribution in [3.63, 3.8) is 0 Å². The number of rotatable bonds is 2. The van der Waals surface area contributed by atoms with E-state index in [1.54, 1.807) is 39.0 Å². The molecule has 1 aromatic carbocycles. The summed E-state index contributed by atoms with van der Waals surface area (Å²) in [6, 6.07) is 5.84. The molecule has 1 amide bonds. The van der Waals surface area contributed by atoms with Gasteiger partial charge in [0.1, 0.15) is 5.60 Å². The predicted octanol–water partition coefficient (Wildman–Crippen LogP) is 3.13. The third-order valence-electron chi connectivity index (χ3n) is 3.55. The molecule has 1 aliphatic rings. The van der Waals surface area contributed by atoms with Crippen LogP contribution in [-0.4, -0.2) is 35.2 Å². The van der Waals surface area contributed by atoms with Crippen LogP contribution in [0, 0.1) is 11.3 Å². The van der Waals surface area contributed by atoms with Crippen LogP contribution in [0.2, 0.25) is 0 Å². The number of carbonyl (C=O) groups is 2. The van der Waals surface area contributed by atoms with Crippen molar-refractivity contribution in [2.75, 3.05) is 12.6 Å². The maximum absolute atomic E-state index is 12.5. The Labute approximate surface area is 145 Å². The van der Waals surface area contributed by atoms with E-state index in [0.717, 1.165) is 5.56 Å². The fraction of sp³-hybridized carbons (Fsp3) is 0.471. The maximum atomic E-state index is 12.5. The highest BCUT2D eigenvalue weighted by atomic mass is 35.5. The van der Waals surface area contributed by atoms with Crippen LogP contribution in [0.1, 0.15) is 43.5 Å². The molecule has 0 bridgehead atoms. The summed E-state index contributed by atoms with van der Waals surface area (Å²) in [6.07, 6.45) is -0.0663. The molecule has 128 valence electrons. The Hall–Kier alpha value is -2.26. The number of nitriles is 1. The number of hydrogen-bond donors (Lipinski definition) is 0. The standard InChI is InChI=1S/C17H19ClN2O4/c1-17(2,3)24-16(22)20-7-6-12-8-11(9-19)4-5-13(12)14(20)15(21)23-10-18/h4-5,8,14H,6-7,10H2,1-3H3. The van der Waals surface area contributed by atoms with Crippen molar-refractivity contribution in [1.29, 1.82) is 5.26 Å². The molecule has 1 unspecified atom stereocenters. The lowest BCUT2D eigenvalue weighted by atomic mass is 9.91. The Morgan fingerprint density at radius 1 is 1.42 bits per heavy atom. The zero-order chi connectivity index (χ0) is 17.9. The van der Waals surface area contributed by atoms with Gasteiger partial charge >= 0.3 is 12.1 Å². The summed E-state index contributed by atoms with van der Waals surface area (Å²) in [7, 11) is 0. The minimum absolute atomic E-state index is 0.291. The molecule has 7 heteroatoms. The number of fused-ring (bicyclic) bond motifs is 1. The highest BCUT2D eigenvalue weighted by molar-refractivity contribution is 6.17. The van der Waals surface area contributed by atoms with Crippen LogP contribution in [0.25, 0.3) is 0 Å². The molecule has 0 aromatic heterocycles. The molecule has 1 aliphatic heterocycles. The summed E-state index contributed by atoms with van der Waals surface area (Å²) >= 11 is 5.50. The van der Waals surface area contributed by atoms with Gasteiger partial charge in [0.05, 0.1) is 11.6 Å². The highest BCUT2D eigenvalue weighted by Gasteiger charge is 2.39. The molecule has 6 nitrogen and oxygen atoms in total. The zero-order valence-corrected chi connectivity index (χ0v) is 14.6. The summed E-state index contributed by atoms with van der Waals surface area (Å²) < 4.78 is 10.3. The average Bonchev–Trinajstić information content (AvgIpc) is 2.51. The van der Waals surface area contributed by atoms with E-state index in [9.17, 15) is 9.59 Å². The zero-order valence-electron chi connectivity index (χ0n) is 13.8. The third-order valence-corrected chi connectivity index (χ3v) is 3.66. The number of carbonyl (C=O) groups excluding carboxylic acids is 2. The number of ether oxygens (including phenoxy) is 2. The highest BCUT2D eigenvalue weighted by Crippen LogP contribution is 2.32. The van der Waals surface area contributed by atoms with Crippen LogP contribution in [0.3, 0.4) is 0 Å². The smallest absolute Gasteiger partial charge is 0.411 e. The van der Waals surface area contributed by atoms with Gasteiger partial charge in [-0.05, 0) is 50.5 Å². The first-order chi connectivity index (χ1) is 11.3. The molecule has 1 atom stereocenters. The predicted molar refractivity (Wildman–Crippen MR) is 87.4 cm³/mol. The van der Waals surface area contributed by atoms with E-state index in [2.05, 4.69) is 6.07 Å². The van der Waals surface area contributed by atoms with Gasteiger partial charge in [-0.2, -0.15) is 5.26 Å². The number of nitrogens with zero attached hydrogens (tertiary/aromatic N) is 2. The number of halogens is 1. The minimum atomic E-state index is -0.935. The first kappa shape index (κ1) is 18.1. The molecule has 0 saturated carbocycles. The van der Waals surface area contributed by atoms with E-state index in [-0.39, 0.29) is 6.07 Å². The second kappa shape index (κ2) is 7.10. The molecule has 0 spiro atoms. The molecule has 24 heavy (non-hydrogen) atoms. The largest absolute Gasteiger partial charge is 0.448 e. The van der Waals surface area contributed by atoms with Crippen LogP contribution in [0.4, 0.5) is 4.79 Å². The van der Waals surface area contributed by atoms with Gasteiger partial charge in [0.15, 0.2) is 12.1 Å². The lowest BCUT2D eigenvalue weighted by molar-refractivity contribution is -0.148. The quantitative estimate of drug-likeness (QED) is 0.604. The summed E-state index contributed by atoms with van der Waals surface area (Å²) in [5.74, 6) is -0.624. The number of alkyl halides is 1. The van der Waals surface area contributed by atoms with Crippen LogP contribution >= 0.6 is 11.6 Å². The summed E-state index contributed by atoms with van der Waals surface area (Å²) in [5.41, 5.74) is 1.29. The normalized spacial score (nSPS) is 16.8. The molecule has 0 aliphatic carbocycles. The van der Waals surface area contributed by atoms with Crippen LogP contribution < -0.4 is 0 Å². The topological polar surface area (TPSA) is 79.6 Å². The molecule has 2 rings (SSSR count). The fourth-order valence-corrected chi connectivity index (χ4v) is 2.71. The third kappa shape index (κ3) is 3.98. The second-order valence-electron chi connectivity index (χ2n) is 6.42. The van der Waals surface area contributed by atoms with E-state index >= 15 is 0 Å². The van der Waals surface area contributed by atoms with Crippen molar-refractivity contribution in [3.8, 4) is 6.07 Å². The van der Waals surface area contributed by atoms with Crippen LogP contribution in [0.15, 0.2) is 18.2 Å². The Morgan fingerprint density at radius 2 is 2.12 bits per heavy atom. The van der Waals surface area contributed by atoms with Crippen molar-refractivity contribution < 1.29 is 19.1 Å². The fourth-order valence-electron chi connectivity index (χ4n) is 2.60. The van der Waals surface area contributed by atoms with Crippen molar-refractivity contribution in [2.24, 2.45) is 0 Å². The lowest BCUT2D eigenvalue weighted by Crippen LogP contribution is -2.46. The number of hydrogen-bond acceptors (Lipinski definition) is 5. The second-order valence-corrected chi connectivity index (χ2v) is 6.64. The van der Waals surface area contributed by atoms with Gasteiger partial charge in [-0.25, -0.2) is 9.59 Å². The molecule has 0 saturated heterocycles. The minimum Gasteiger partial charge on any atom is -0.448 e. The van der Waals surface area contributed by atoms with Crippen molar-refractivity contribution >= 4 is 23.7 Å². The molecule has 0 N–H and O–H groups in total. The van der Waals surface area contributed by atoms with Crippen LogP contribution in [0.5, 0.6) is 0 Å². The van der Waals surface area contributed by atoms with Crippen LogP contribution in [-0.2, 0) is 20.7 Å². The Kier molecular flexibility index (Phi) is 5.35. The first-order valence-electron chi connectivity index (χ1n) is 7.52. The lowest BCUT2D eigenvalue weighted by Gasteiger charge is -2.36. The summed E-state index contributed by atoms with van der Waals surface area (Å²) in [5, 5.41) is 9.02. The molecule has 0 radical (unpaired) electrons. The Balaban J connectivity index is 2.40. The maximum Gasteiger partial charge on any atom is 0.411 e. The monoisotopic (exact) mass is 350 g/mol. The Morgan fingerprint density at radius 3 is 2.71 bits per heavy atom. The van der Waals surface area contributed by atoms with Gasteiger partial charge in [0, 0.05) is 6.54 Å². The molecular formula is C17H19ClN2O4. The average molecular weight is 351 g/mol. The van der Waals surface area contributed by atoms with Gasteiger partial charge in [-0.3, -0.25) is 4.90 Å². The molecule has 0 fully saturated rings. The van der Waals surface area contributed by atoms with Gasteiger partial charge in [-0.15, -0.1) is 0 Å². The van der Waals surface area contributed by atoms with E-state index in [0.29, 0.717) is 24.1 Å². The summed E-state index contributed by atoms with van der Waals surface area (Å²) in [4.78, 5) is 26.2. The molecular weight excluding hydrogens is 332 g/mol. The van der Waals surface area contributed by atoms with Gasteiger partial charge in [0.25, 0.3) is 0 Å². The SMILES string of the molecule is CC(C)(C)OC(=O)N1CCc2cc(C#N)ccc2C1C(=O)OCCl. The number of amides is 1. The number of esters is 1. The van der Waals surface area contributed by atoms with Gasteiger partial charge in [0.2, 0.25) is 0 Å². The Bertz CT molecular complexity index is 691. The van der Waals surface area contributed by atoms with Crippen molar-refractivity contribution in [1.82, 2.24) is 4.90 Å². The van der Waals surface area contributed by atoms with Gasteiger partial charge < -0.3 is 9.47 Å². The van der Waals surface area contributed by atoms with Crippen molar-refractivity contribution in [2.45, 2.75) is 38.8 Å². The number of benzene rings is 1. The van der Waals surface area contributed by atoms with E-state index < -0.39 is 23.7 Å². The van der Waals surface area contributed by atoms with Gasteiger partial charge in [-0.1, -0.05) is 17.7 Å². The first-order valence-corrected chi connectivity index (χ1v) is 8.05. The van der Waals surface area contributed by atoms with E-state index in [1.165, 1.54) is 4.90 Å². The molecule has 1 aromatic rings. The van der Waals surface area contributed by atoms with Crippen molar-refractivity contribution in [3.05, 3.63) is 34.9 Å².